The zero-order chi connectivity index (χ0) is 21.4. The molecule has 1 amide bonds. The number of carbonyl (C=O) groups excluding carboxylic acids is 2. The van der Waals surface area contributed by atoms with Crippen molar-refractivity contribution in [1.82, 2.24) is 4.90 Å². The summed E-state index contributed by atoms with van der Waals surface area (Å²) in [6.07, 6.45) is -0.320. The van der Waals surface area contributed by atoms with E-state index < -0.39 is 28.3 Å². The summed E-state index contributed by atoms with van der Waals surface area (Å²) in [5, 5.41) is 0. The van der Waals surface area contributed by atoms with Crippen molar-refractivity contribution in [2.24, 2.45) is 0 Å². The SMILES string of the molecule is COc1ccccc1CN(C)C(=O)COC(=O)CCS(=O)(=O)c1ccc(C)cc1. The average molecular weight is 419 g/mol. The number of methoxy groups -OCH3 is 1. The fourth-order valence-corrected chi connectivity index (χ4v) is 3.80. The van der Waals surface area contributed by atoms with Gasteiger partial charge in [-0.2, -0.15) is 0 Å². The molecule has 0 bridgehead atoms. The number of amides is 1. The molecule has 29 heavy (non-hydrogen) atoms. The molecule has 0 aliphatic heterocycles. The molecule has 0 saturated carbocycles. The van der Waals surface area contributed by atoms with E-state index in [-0.39, 0.29) is 17.1 Å². The summed E-state index contributed by atoms with van der Waals surface area (Å²) in [5.41, 5.74) is 1.76. The first-order valence-electron chi connectivity index (χ1n) is 9.04. The number of esters is 1. The van der Waals surface area contributed by atoms with Crippen molar-refractivity contribution in [3.63, 3.8) is 0 Å². The monoisotopic (exact) mass is 419 g/mol. The van der Waals surface area contributed by atoms with Crippen LogP contribution in [0.15, 0.2) is 53.4 Å². The fraction of sp³-hybridized carbons (Fsp3) is 0.333. The summed E-state index contributed by atoms with van der Waals surface area (Å²) in [6, 6.07) is 13.7. The highest BCUT2D eigenvalue weighted by molar-refractivity contribution is 7.91. The maximum atomic E-state index is 12.3. The molecule has 0 radical (unpaired) electrons. The molecule has 0 aliphatic carbocycles. The van der Waals surface area contributed by atoms with E-state index in [9.17, 15) is 18.0 Å². The number of ether oxygens (including phenoxy) is 2. The first-order valence-corrected chi connectivity index (χ1v) is 10.7. The van der Waals surface area contributed by atoms with Crippen molar-refractivity contribution >= 4 is 21.7 Å². The summed E-state index contributed by atoms with van der Waals surface area (Å²) in [6.45, 7) is 1.70. The van der Waals surface area contributed by atoms with E-state index in [0.717, 1.165) is 11.1 Å². The number of hydrogen-bond donors (Lipinski definition) is 0. The second-order valence-electron chi connectivity index (χ2n) is 6.60. The molecule has 0 N–H and O–H groups in total. The van der Waals surface area contributed by atoms with Gasteiger partial charge in [0.1, 0.15) is 5.75 Å². The number of nitrogens with zero attached hydrogens (tertiary/aromatic N) is 1. The maximum Gasteiger partial charge on any atom is 0.307 e. The number of aryl methyl sites for hydroxylation is 1. The normalized spacial score (nSPS) is 11.0. The van der Waals surface area contributed by atoms with Gasteiger partial charge in [-0.25, -0.2) is 8.42 Å². The summed E-state index contributed by atoms with van der Waals surface area (Å²) in [4.78, 5) is 25.6. The van der Waals surface area contributed by atoms with Gasteiger partial charge >= 0.3 is 5.97 Å². The molecule has 0 aromatic heterocycles. The Hall–Kier alpha value is -2.87. The number of benzene rings is 2. The van der Waals surface area contributed by atoms with Crippen LogP contribution in [0.4, 0.5) is 0 Å². The van der Waals surface area contributed by atoms with E-state index in [1.807, 2.05) is 25.1 Å². The Labute approximate surface area is 171 Å². The van der Waals surface area contributed by atoms with Crippen molar-refractivity contribution in [1.29, 1.82) is 0 Å². The Morgan fingerprint density at radius 3 is 2.34 bits per heavy atom. The van der Waals surface area contributed by atoms with Crippen molar-refractivity contribution in [2.45, 2.75) is 24.8 Å². The van der Waals surface area contributed by atoms with Crippen LogP contribution in [0.5, 0.6) is 5.75 Å². The number of likely N-dealkylation sites (N-methyl/N-ethyl adjacent to an activating group) is 1. The smallest absolute Gasteiger partial charge is 0.307 e. The van der Waals surface area contributed by atoms with Crippen molar-refractivity contribution in [3.05, 3.63) is 59.7 Å². The molecule has 0 atom stereocenters. The van der Waals surface area contributed by atoms with Crippen molar-refractivity contribution in [2.75, 3.05) is 26.5 Å². The zero-order valence-corrected chi connectivity index (χ0v) is 17.6. The molecule has 0 unspecified atom stereocenters. The summed E-state index contributed by atoms with van der Waals surface area (Å²) >= 11 is 0. The van der Waals surface area contributed by atoms with Crippen LogP contribution in [0.1, 0.15) is 17.5 Å². The molecule has 0 saturated heterocycles. The van der Waals surface area contributed by atoms with Gasteiger partial charge in [-0.3, -0.25) is 9.59 Å². The minimum Gasteiger partial charge on any atom is -0.496 e. The highest BCUT2D eigenvalue weighted by Gasteiger charge is 2.19. The Morgan fingerprint density at radius 1 is 1.03 bits per heavy atom. The van der Waals surface area contributed by atoms with Gasteiger partial charge in [0.25, 0.3) is 5.91 Å². The summed E-state index contributed by atoms with van der Waals surface area (Å²) < 4.78 is 34.7. The Morgan fingerprint density at radius 2 is 1.69 bits per heavy atom. The molecule has 0 spiro atoms. The van der Waals surface area contributed by atoms with Crippen molar-refractivity contribution < 1.29 is 27.5 Å². The lowest BCUT2D eigenvalue weighted by molar-refractivity contribution is -0.151. The quantitative estimate of drug-likeness (QED) is 0.580. The summed E-state index contributed by atoms with van der Waals surface area (Å²) in [5.74, 6) is -0.851. The van der Waals surface area contributed by atoms with E-state index >= 15 is 0 Å². The van der Waals surface area contributed by atoms with Crippen LogP contribution in [0.25, 0.3) is 0 Å². The molecular weight excluding hydrogens is 394 g/mol. The lowest BCUT2D eigenvalue weighted by Crippen LogP contribution is -2.31. The second kappa shape index (κ2) is 10.1. The highest BCUT2D eigenvalue weighted by Crippen LogP contribution is 2.18. The third kappa shape index (κ3) is 6.60. The predicted octanol–water partition coefficient (Wildman–Crippen LogP) is 2.37. The van der Waals surface area contributed by atoms with Gasteiger partial charge < -0.3 is 14.4 Å². The Bertz CT molecular complexity index is 953. The van der Waals surface area contributed by atoms with Gasteiger partial charge in [-0.1, -0.05) is 35.9 Å². The third-order valence-corrected chi connectivity index (χ3v) is 6.07. The predicted molar refractivity (Wildman–Crippen MR) is 108 cm³/mol. The van der Waals surface area contributed by atoms with Gasteiger partial charge in [0.15, 0.2) is 16.4 Å². The van der Waals surface area contributed by atoms with Crippen LogP contribution >= 0.6 is 0 Å². The van der Waals surface area contributed by atoms with Crippen LogP contribution in [0, 0.1) is 6.92 Å². The topological polar surface area (TPSA) is 90.0 Å². The molecule has 2 rings (SSSR count). The fourth-order valence-electron chi connectivity index (χ4n) is 2.58. The van der Waals surface area contributed by atoms with E-state index in [2.05, 4.69) is 0 Å². The van der Waals surface area contributed by atoms with Crippen molar-refractivity contribution in [3.8, 4) is 5.75 Å². The van der Waals surface area contributed by atoms with Gasteiger partial charge in [-0.15, -0.1) is 0 Å². The van der Waals surface area contributed by atoms with Gasteiger partial charge in [0, 0.05) is 19.2 Å². The number of sulfone groups is 1. The first-order chi connectivity index (χ1) is 13.7. The molecule has 0 aliphatic rings. The summed E-state index contributed by atoms with van der Waals surface area (Å²) in [7, 11) is -0.449. The van der Waals surface area contributed by atoms with Crippen LogP contribution in [0.3, 0.4) is 0 Å². The van der Waals surface area contributed by atoms with Crippen LogP contribution in [-0.2, 0) is 30.7 Å². The van der Waals surface area contributed by atoms with Gasteiger partial charge in [0.05, 0.1) is 24.2 Å². The van der Waals surface area contributed by atoms with Crippen LogP contribution < -0.4 is 4.74 Å². The molecule has 156 valence electrons. The highest BCUT2D eigenvalue weighted by atomic mass is 32.2. The number of carbonyl (C=O) groups is 2. The van der Waals surface area contributed by atoms with E-state index in [4.69, 9.17) is 9.47 Å². The Kier molecular flexibility index (Phi) is 7.78. The average Bonchev–Trinajstić information content (AvgIpc) is 2.71. The molecule has 0 fully saturated rings. The van der Waals surface area contributed by atoms with Crippen LogP contribution in [0.2, 0.25) is 0 Å². The number of hydrogen-bond acceptors (Lipinski definition) is 6. The number of rotatable bonds is 9. The standard InChI is InChI=1S/C21H25NO6S/c1-16-8-10-18(11-9-16)29(25,26)13-12-21(24)28-15-20(23)22(2)14-17-6-4-5-7-19(17)27-3/h4-11H,12-15H2,1-3H3. The zero-order valence-electron chi connectivity index (χ0n) is 16.8. The molecule has 2 aromatic carbocycles. The minimum absolute atomic E-state index is 0.156. The van der Waals surface area contributed by atoms with E-state index in [0.29, 0.717) is 12.3 Å². The third-order valence-electron chi connectivity index (χ3n) is 4.34. The Balaban J connectivity index is 1.82. The van der Waals surface area contributed by atoms with E-state index in [1.165, 1.54) is 17.0 Å². The molecular formula is C21H25NO6S. The minimum atomic E-state index is -3.59. The first kappa shape index (κ1) is 22.4. The van der Waals surface area contributed by atoms with E-state index in [1.54, 1.807) is 32.4 Å². The lowest BCUT2D eigenvalue weighted by atomic mass is 10.2. The largest absolute Gasteiger partial charge is 0.496 e. The molecule has 8 heteroatoms. The van der Waals surface area contributed by atoms with Gasteiger partial charge in [0.2, 0.25) is 0 Å². The van der Waals surface area contributed by atoms with Crippen LogP contribution in [-0.4, -0.2) is 51.7 Å². The molecule has 2 aromatic rings. The second-order valence-corrected chi connectivity index (χ2v) is 8.71. The number of para-hydroxylation sites is 1. The van der Waals surface area contributed by atoms with Gasteiger partial charge in [-0.05, 0) is 25.1 Å². The maximum absolute atomic E-state index is 12.3. The molecule has 0 heterocycles. The molecule has 7 nitrogen and oxygen atoms in total. The lowest BCUT2D eigenvalue weighted by Gasteiger charge is -2.18.